The second-order valence-electron chi connectivity index (χ2n) is 6.49. The van der Waals surface area contributed by atoms with Crippen LogP contribution < -0.4 is 0 Å². The van der Waals surface area contributed by atoms with Gasteiger partial charge >= 0.3 is 0 Å². The smallest absolute Gasteiger partial charge is 0.134 e. The molecule has 3 aliphatic carbocycles. The minimum absolute atomic E-state index is 0.0174. The van der Waals surface area contributed by atoms with Gasteiger partial charge in [0, 0.05) is 23.7 Å². The van der Waals surface area contributed by atoms with E-state index < -0.39 is 0 Å². The molecule has 2 bridgehead atoms. The van der Waals surface area contributed by atoms with Gasteiger partial charge in [0.15, 0.2) is 0 Å². The summed E-state index contributed by atoms with van der Waals surface area (Å²) in [7, 11) is 0. The summed E-state index contributed by atoms with van der Waals surface area (Å²) in [6.07, 6.45) is 0. The summed E-state index contributed by atoms with van der Waals surface area (Å²) in [6, 6.07) is 16.6. The Hall–Kier alpha value is -2.22. The van der Waals surface area contributed by atoms with E-state index in [0.29, 0.717) is 0 Å². The van der Waals surface area contributed by atoms with Crippen LogP contribution in [0.15, 0.2) is 48.5 Å². The summed E-state index contributed by atoms with van der Waals surface area (Å²) in [5.41, 5.74) is 4.90. The van der Waals surface area contributed by atoms with Crippen molar-refractivity contribution in [1.82, 2.24) is 0 Å². The van der Waals surface area contributed by atoms with Crippen LogP contribution in [0.4, 0.5) is 0 Å². The van der Waals surface area contributed by atoms with E-state index >= 15 is 0 Å². The Kier molecular flexibility index (Phi) is 2.83. The van der Waals surface area contributed by atoms with Gasteiger partial charge in [0.2, 0.25) is 0 Å². The first-order valence-electron chi connectivity index (χ1n) is 7.79. The first-order chi connectivity index (χ1) is 10.6. The molecule has 0 amide bonds. The standard InChI is InChI=1S/C20H18O2/c1-11(21)17-18(12(2)22)20-15-9-5-3-7-13(15)19(17)14-8-4-6-10-16(14)20/h3-10,17-20H,1-2H3. The van der Waals surface area contributed by atoms with Gasteiger partial charge in [0.25, 0.3) is 0 Å². The van der Waals surface area contributed by atoms with E-state index in [0.717, 1.165) is 0 Å². The van der Waals surface area contributed by atoms with E-state index in [1.54, 1.807) is 13.8 Å². The summed E-state index contributed by atoms with van der Waals surface area (Å²) < 4.78 is 0. The molecule has 0 saturated heterocycles. The average Bonchev–Trinajstić information content (AvgIpc) is 2.53. The van der Waals surface area contributed by atoms with Crippen molar-refractivity contribution in [2.24, 2.45) is 11.8 Å². The van der Waals surface area contributed by atoms with E-state index in [1.165, 1.54) is 22.3 Å². The first-order valence-corrected chi connectivity index (χ1v) is 7.79. The Labute approximate surface area is 130 Å². The second kappa shape index (κ2) is 4.64. The number of carbonyl (C=O) groups excluding carboxylic acids is 2. The lowest BCUT2D eigenvalue weighted by molar-refractivity contribution is -0.132. The van der Waals surface area contributed by atoms with E-state index in [1.807, 2.05) is 24.3 Å². The van der Waals surface area contributed by atoms with Crippen LogP contribution in [-0.4, -0.2) is 11.6 Å². The molecule has 0 radical (unpaired) electrons. The number of Topliss-reactive ketones (excluding diaryl/α,β-unsaturated/α-hetero) is 2. The molecule has 5 rings (SSSR count). The molecule has 22 heavy (non-hydrogen) atoms. The maximum Gasteiger partial charge on any atom is 0.134 e. The predicted molar refractivity (Wildman–Crippen MR) is 84.9 cm³/mol. The SMILES string of the molecule is CC(=O)C1C2c3ccccc3C(c3ccccc32)C1C(C)=O. The Bertz CT molecular complexity index is 676. The number of benzene rings is 2. The van der Waals surface area contributed by atoms with Gasteiger partial charge < -0.3 is 0 Å². The van der Waals surface area contributed by atoms with Crippen molar-refractivity contribution in [2.45, 2.75) is 25.7 Å². The topological polar surface area (TPSA) is 34.1 Å². The van der Waals surface area contributed by atoms with Crippen LogP contribution in [0.25, 0.3) is 0 Å². The molecule has 2 aromatic rings. The molecule has 0 aromatic heterocycles. The van der Waals surface area contributed by atoms with Crippen LogP contribution in [0.5, 0.6) is 0 Å². The molecule has 2 heteroatoms. The fourth-order valence-corrected chi connectivity index (χ4v) is 4.65. The maximum atomic E-state index is 12.4. The molecule has 2 atom stereocenters. The highest BCUT2D eigenvalue weighted by Gasteiger charge is 2.52. The lowest BCUT2D eigenvalue weighted by Crippen LogP contribution is -2.45. The molecule has 2 nitrogen and oxygen atoms in total. The lowest BCUT2D eigenvalue weighted by Gasteiger charge is -2.49. The molecule has 110 valence electrons. The second-order valence-corrected chi connectivity index (χ2v) is 6.49. The van der Waals surface area contributed by atoms with Crippen LogP contribution >= 0.6 is 0 Å². The van der Waals surface area contributed by atoms with Crippen molar-refractivity contribution in [3.05, 3.63) is 70.8 Å². The first kappa shape index (κ1) is 13.4. The number of hydrogen-bond acceptors (Lipinski definition) is 2. The normalized spacial score (nSPS) is 27.9. The van der Waals surface area contributed by atoms with Crippen molar-refractivity contribution >= 4 is 11.6 Å². The van der Waals surface area contributed by atoms with Crippen molar-refractivity contribution in [3.63, 3.8) is 0 Å². The molecule has 0 saturated carbocycles. The van der Waals surface area contributed by atoms with Crippen LogP contribution in [0.2, 0.25) is 0 Å². The van der Waals surface area contributed by atoms with Gasteiger partial charge in [-0.2, -0.15) is 0 Å². The van der Waals surface area contributed by atoms with Gasteiger partial charge in [-0.25, -0.2) is 0 Å². The van der Waals surface area contributed by atoms with Gasteiger partial charge in [0.05, 0.1) is 0 Å². The lowest BCUT2D eigenvalue weighted by atomic mass is 9.52. The Morgan fingerprint density at radius 2 is 0.909 bits per heavy atom. The quantitative estimate of drug-likeness (QED) is 0.845. The molecule has 3 aliphatic rings. The fourth-order valence-electron chi connectivity index (χ4n) is 4.65. The maximum absolute atomic E-state index is 12.4. The van der Waals surface area contributed by atoms with Crippen LogP contribution in [0.1, 0.15) is 47.9 Å². The average molecular weight is 290 g/mol. The number of ketones is 2. The van der Waals surface area contributed by atoms with Crippen molar-refractivity contribution in [1.29, 1.82) is 0 Å². The predicted octanol–water partition coefficient (Wildman–Crippen LogP) is 3.69. The van der Waals surface area contributed by atoms with Crippen molar-refractivity contribution < 1.29 is 9.59 Å². The molecule has 0 spiro atoms. The molecular formula is C20H18O2. The summed E-state index contributed by atoms with van der Waals surface area (Å²) >= 11 is 0. The number of carbonyl (C=O) groups is 2. The third-order valence-electron chi connectivity index (χ3n) is 5.38. The summed E-state index contributed by atoms with van der Waals surface area (Å²) in [6.45, 7) is 3.26. The third-order valence-corrected chi connectivity index (χ3v) is 5.38. The van der Waals surface area contributed by atoms with Gasteiger partial charge in [-0.3, -0.25) is 9.59 Å². The van der Waals surface area contributed by atoms with Crippen LogP contribution in [0.3, 0.4) is 0 Å². The van der Waals surface area contributed by atoms with Crippen molar-refractivity contribution in [3.8, 4) is 0 Å². The molecular weight excluding hydrogens is 272 g/mol. The largest absolute Gasteiger partial charge is 0.300 e. The number of hydrogen-bond donors (Lipinski definition) is 0. The van der Waals surface area contributed by atoms with Gasteiger partial charge in [0.1, 0.15) is 11.6 Å². The van der Waals surface area contributed by atoms with Gasteiger partial charge in [-0.05, 0) is 36.1 Å². The zero-order chi connectivity index (χ0) is 15.4. The third kappa shape index (κ3) is 1.61. The van der Waals surface area contributed by atoms with E-state index in [2.05, 4.69) is 24.3 Å². The molecule has 0 fully saturated rings. The Morgan fingerprint density at radius 3 is 1.14 bits per heavy atom. The van der Waals surface area contributed by atoms with Crippen LogP contribution in [-0.2, 0) is 9.59 Å². The highest BCUT2D eigenvalue weighted by atomic mass is 16.1. The summed E-state index contributed by atoms with van der Waals surface area (Å²) in [5, 5.41) is 0. The van der Waals surface area contributed by atoms with E-state index in [-0.39, 0.29) is 35.2 Å². The van der Waals surface area contributed by atoms with Gasteiger partial charge in [-0.15, -0.1) is 0 Å². The molecule has 2 aromatic carbocycles. The van der Waals surface area contributed by atoms with Crippen molar-refractivity contribution in [2.75, 3.05) is 0 Å². The van der Waals surface area contributed by atoms with E-state index in [9.17, 15) is 9.59 Å². The van der Waals surface area contributed by atoms with Gasteiger partial charge in [-0.1, -0.05) is 48.5 Å². The molecule has 0 heterocycles. The minimum atomic E-state index is -0.229. The van der Waals surface area contributed by atoms with Crippen LogP contribution in [0, 0.1) is 11.8 Å². The zero-order valence-corrected chi connectivity index (χ0v) is 12.7. The number of fused-ring (bicyclic) bond motifs is 1. The zero-order valence-electron chi connectivity index (χ0n) is 12.7. The number of rotatable bonds is 2. The molecule has 0 N–H and O–H groups in total. The monoisotopic (exact) mass is 290 g/mol. The molecule has 0 aliphatic heterocycles. The molecule has 2 unspecified atom stereocenters. The fraction of sp³-hybridized carbons (Fsp3) is 0.300. The Morgan fingerprint density at radius 1 is 0.636 bits per heavy atom. The summed E-state index contributed by atoms with van der Waals surface area (Å²) in [4.78, 5) is 24.7. The Balaban J connectivity index is 2.06. The minimum Gasteiger partial charge on any atom is -0.300 e. The highest BCUT2D eigenvalue weighted by Crippen LogP contribution is 2.58. The van der Waals surface area contributed by atoms with E-state index in [4.69, 9.17) is 0 Å². The summed E-state index contributed by atoms with van der Waals surface area (Å²) in [5.74, 6) is -0.175. The highest BCUT2D eigenvalue weighted by molar-refractivity contribution is 5.92.